The van der Waals surface area contributed by atoms with Gasteiger partial charge in [0.25, 0.3) is 0 Å². The van der Waals surface area contributed by atoms with E-state index in [2.05, 4.69) is 166 Å². The normalized spacial score (nSPS) is 12.0. The number of furan rings is 1. The molecule has 0 spiro atoms. The molecule has 0 atom stereocenters. The molecule has 5 aromatic heterocycles. The van der Waals surface area contributed by atoms with E-state index < -0.39 is 0 Å². The van der Waals surface area contributed by atoms with Crippen molar-refractivity contribution in [1.29, 1.82) is 5.26 Å². The van der Waals surface area contributed by atoms with Crippen molar-refractivity contribution >= 4 is 134 Å². The van der Waals surface area contributed by atoms with Crippen molar-refractivity contribution in [2.24, 2.45) is 0 Å². The van der Waals surface area contributed by atoms with Gasteiger partial charge in [0.1, 0.15) is 11.7 Å². The predicted octanol–water partition coefficient (Wildman–Crippen LogP) is 18.6. The lowest BCUT2D eigenvalue weighted by atomic mass is 9.88. The highest BCUT2D eigenvalue weighted by Gasteiger charge is 2.34. The summed E-state index contributed by atoms with van der Waals surface area (Å²) in [5.41, 5.74) is 11.8. The maximum absolute atomic E-state index is 12.1. The molecule has 0 radical (unpaired) electrons. The van der Waals surface area contributed by atoms with Crippen molar-refractivity contribution in [2.45, 2.75) is 6.92 Å². The molecule has 0 saturated heterocycles. The third kappa shape index (κ3) is 5.12. The summed E-state index contributed by atoms with van der Waals surface area (Å²) in [6.07, 6.45) is 0. The fourth-order valence-electron chi connectivity index (χ4n) is 11.6. The van der Waals surface area contributed by atoms with Gasteiger partial charge < -0.3 is 13.6 Å². The van der Waals surface area contributed by atoms with Crippen LogP contribution in [0.2, 0.25) is 0 Å². The van der Waals surface area contributed by atoms with Crippen molar-refractivity contribution < 1.29 is 4.42 Å². The van der Waals surface area contributed by atoms with E-state index in [0.29, 0.717) is 22.5 Å². The number of nitriles is 1. The van der Waals surface area contributed by atoms with Crippen LogP contribution in [0.15, 0.2) is 192 Å². The lowest BCUT2D eigenvalue weighted by molar-refractivity contribution is 0.671. The molecule has 5 nitrogen and oxygen atoms in total. The van der Waals surface area contributed by atoms with Crippen LogP contribution in [-0.4, -0.2) is 9.13 Å². The van der Waals surface area contributed by atoms with Crippen LogP contribution in [0, 0.1) is 24.8 Å². The van der Waals surface area contributed by atoms with E-state index >= 15 is 0 Å². The SMILES string of the molecule is [C-]#[N+]c1c(-c2ccccc2)c(C#N)c(-n2c3c(C)cccc3c3ccc4c5ccccc5oc4c32)c(-c2ccccc2)c1-n1c2c(ccc3c4ccccc4sc32)c2ccc3c4ccccc4sc3c21. The zero-order valence-electron chi connectivity index (χ0n) is 37.4. The van der Waals surface area contributed by atoms with Crippen LogP contribution < -0.4 is 0 Å². The number of para-hydroxylation sites is 2. The highest BCUT2D eigenvalue weighted by atomic mass is 32.1. The van der Waals surface area contributed by atoms with Gasteiger partial charge in [0.2, 0.25) is 5.69 Å². The maximum Gasteiger partial charge on any atom is 0.220 e. The van der Waals surface area contributed by atoms with Gasteiger partial charge in [-0.1, -0.05) is 164 Å². The third-order valence-electron chi connectivity index (χ3n) is 14.5. The van der Waals surface area contributed by atoms with Crippen LogP contribution in [0.3, 0.4) is 0 Å². The Morgan fingerprint density at radius 2 is 0.943 bits per heavy atom. The molecule has 0 saturated carbocycles. The molecule has 0 unspecified atom stereocenters. The first-order valence-electron chi connectivity index (χ1n) is 23.3. The second-order valence-electron chi connectivity index (χ2n) is 18.1. The van der Waals surface area contributed by atoms with E-state index in [-0.39, 0.29) is 0 Å². The van der Waals surface area contributed by atoms with E-state index in [0.717, 1.165) is 114 Å². The molecule has 15 rings (SSSR count). The summed E-state index contributed by atoms with van der Waals surface area (Å²) in [7, 11) is 0. The van der Waals surface area contributed by atoms with Crippen LogP contribution in [0.1, 0.15) is 11.1 Å². The molecule has 0 aliphatic carbocycles. The Morgan fingerprint density at radius 3 is 1.56 bits per heavy atom. The Labute approximate surface area is 407 Å². The first-order chi connectivity index (χ1) is 34.6. The Balaban J connectivity index is 1.28. The summed E-state index contributed by atoms with van der Waals surface area (Å²) in [6, 6.07) is 68.8. The lowest BCUT2D eigenvalue weighted by Gasteiger charge is -2.26. The summed E-state index contributed by atoms with van der Waals surface area (Å²) in [6.45, 7) is 11.7. The van der Waals surface area contributed by atoms with Gasteiger partial charge in [0, 0.05) is 74.4 Å². The van der Waals surface area contributed by atoms with Crippen LogP contribution >= 0.6 is 22.7 Å². The second kappa shape index (κ2) is 14.5. The van der Waals surface area contributed by atoms with E-state index in [4.69, 9.17) is 4.42 Å². The minimum Gasteiger partial charge on any atom is -0.454 e. The van der Waals surface area contributed by atoms with Gasteiger partial charge in [-0.2, -0.15) is 5.26 Å². The van der Waals surface area contributed by atoms with Gasteiger partial charge in [-0.25, -0.2) is 4.85 Å². The number of aromatic nitrogens is 2. The summed E-state index contributed by atoms with van der Waals surface area (Å²) in [4.78, 5) is 4.66. The van der Waals surface area contributed by atoms with Crippen LogP contribution in [-0.2, 0) is 0 Å². The molecule has 0 aliphatic rings. The summed E-state index contributed by atoms with van der Waals surface area (Å²) in [5.74, 6) is 0. The van der Waals surface area contributed by atoms with Crippen LogP contribution in [0.4, 0.5) is 5.69 Å². The van der Waals surface area contributed by atoms with Gasteiger partial charge in [-0.05, 0) is 47.9 Å². The first kappa shape index (κ1) is 39.1. The van der Waals surface area contributed by atoms with Crippen molar-refractivity contribution in [3.05, 3.63) is 211 Å². The lowest BCUT2D eigenvalue weighted by Crippen LogP contribution is -2.09. The predicted molar refractivity (Wildman–Crippen MR) is 295 cm³/mol. The molecular formula is C63H34N4OS2. The van der Waals surface area contributed by atoms with Gasteiger partial charge >= 0.3 is 0 Å². The topological polar surface area (TPSA) is 51.1 Å². The first-order valence-corrected chi connectivity index (χ1v) is 24.9. The van der Waals surface area contributed by atoms with Gasteiger partial charge in [-0.3, -0.25) is 0 Å². The van der Waals surface area contributed by atoms with Gasteiger partial charge in [0.15, 0.2) is 5.58 Å². The highest BCUT2D eigenvalue weighted by Crippen LogP contribution is 2.55. The largest absolute Gasteiger partial charge is 0.454 e. The molecular weight excluding hydrogens is 893 g/mol. The van der Waals surface area contributed by atoms with Crippen molar-refractivity contribution in [3.8, 4) is 39.7 Å². The molecule has 7 heteroatoms. The molecule has 0 bridgehead atoms. The van der Waals surface area contributed by atoms with Crippen molar-refractivity contribution in [1.82, 2.24) is 9.13 Å². The Morgan fingerprint density at radius 1 is 0.457 bits per heavy atom. The number of aryl methyl sites for hydroxylation is 1. The molecule has 10 aromatic carbocycles. The van der Waals surface area contributed by atoms with Gasteiger partial charge in [-0.15, -0.1) is 22.7 Å². The molecule has 324 valence electrons. The zero-order chi connectivity index (χ0) is 46.4. The monoisotopic (exact) mass is 926 g/mol. The summed E-state index contributed by atoms with van der Waals surface area (Å²) >= 11 is 3.59. The third-order valence-corrected chi connectivity index (χ3v) is 16.9. The fourth-order valence-corrected chi connectivity index (χ4v) is 14.1. The number of nitrogens with zero attached hydrogens (tertiary/aromatic N) is 4. The highest BCUT2D eigenvalue weighted by molar-refractivity contribution is 7.27. The van der Waals surface area contributed by atoms with Gasteiger partial charge in [0.05, 0.1) is 55.0 Å². The van der Waals surface area contributed by atoms with Crippen LogP contribution in [0.25, 0.3) is 144 Å². The average molecular weight is 927 g/mol. The smallest absolute Gasteiger partial charge is 0.220 e. The quantitative estimate of drug-likeness (QED) is 0.165. The number of benzene rings is 10. The maximum atomic E-state index is 12.1. The number of fused-ring (bicyclic) bond motifs is 18. The average Bonchev–Trinajstić information content (AvgIpc) is 4.23. The van der Waals surface area contributed by atoms with E-state index in [9.17, 15) is 11.8 Å². The minimum absolute atomic E-state index is 0.409. The van der Waals surface area contributed by atoms with Crippen molar-refractivity contribution in [3.63, 3.8) is 0 Å². The molecule has 15 aromatic rings. The zero-order valence-corrected chi connectivity index (χ0v) is 39.0. The number of thiophene rings is 2. The molecule has 70 heavy (non-hydrogen) atoms. The Bertz CT molecular complexity index is 4730. The standard InChI is InChI=1S/C63H34N4OS2/c1-35-16-15-24-41-42-28-31-45-38-21-9-12-25-49(38)68-61(45)57(42)66(55(35)41)56-48(34-64)52(36-17-5-3-6-18-36)54(65-2)60(53(56)37-19-7-4-8-20-37)67-58-43(29-32-46-39-22-10-13-26-50(39)69-62(46)58)44-30-33-47-40-23-11-14-27-51(40)70-63(47)59(44)67/h3-33H,1H3. The number of hydrogen-bond acceptors (Lipinski definition) is 4. The van der Waals surface area contributed by atoms with E-state index in [1.807, 2.05) is 48.5 Å². The summed E-state index contributed by atoms with van der Waals surface area (Å²) in [5, 5.41) is 23.1. The summed E-state index contributed by atoms with van der Waals surface area (Å²) < 4.78 is 16.4. The van der Waals surface area contributed by atoms with Crippen molar-refractivity contribution in [2.75, 3.05) is 0 Å². The molecule has 5 heterocycles. The molecule has 0 amide bonds. The molecule has 0 aliphatic heterocycles. The fraction of sp³-hybridized carbons (Fsp3) is 0.0159. The number of hydrogen-bond donors (Lipinski definition) is 0. The Hall–Kier alpha value is -8.98. The minimum atomic E-state index is 0.409. The second-order valence-corrected chi connectivity index (χ2v) is 20.2. The van der Waals surface area contributed by atoms with E-state index in [1.165, 1.54) is 20.2 Å². The van der Waals surface area contributed by atoms with Crippen LogP contribution in [0.5, 0.6) is 0 Å². The molecule has 0 fully saturated rings. The molecule has 0 N–H and O–H groups in total. The van der Waals surface area contributed by atoms with E-state index in [1.54, 1.807) is 22.7 Å². The Kier molecular flexibility index (Phi) is 8.10. The number of rotatable bonds is 4.